The summed E-state index contributed by atoms with van der Waals surface area (Å²) < 4.78 is 5.47. The van der Waals surface area contributed by atoms with Crippen LogP contribution in [0.15, 0.2) is 60.7 Å². The van der Waals surface area contributed by atoms with E-state index in [2.05, 4.69) is 67.6 Å². The van der Waals surface area contributed by atoms with Gasteiger partial charge in [-0.3, -0.25) is 0 Å². The fourth-order valence-electron chi connectivity index (χ4n) is 3.88. The van der Waals surface area contributed by atoms with Gasteiger partial charge in [0.25, 0.3) is 0 Å². The number of rotatable bonds is 6. The molecule has 0 spiro atoms. The summed E-state index contributed by atoms with van der Waals surface area (Å²) in [5.41, 5.74) is 5.33. The van der Waals surface area contributed by atoms with E-state index < -0.39 is 0 Å². The highest BCUT2D eigenvalue weighted by Crippen LogP contribution is 2.36. The van der Waals surface area contributed by atoms with Crippen LogP contribution in [0.4, 0.5) is 0 Å². The Labute approximate surface area is 152 Å². The summed E-state index contributed by atoms with van der Waals surface area (Å²) in [6.45, 7) is 5.63. The molecule has 1 aliphatic rings. The second kappa shape index (κ2) is 9.01. The Balaban J connectivity index is 1.62. The molecule has 1 fully saturated rings. The van der Waals surface area contributed by atoms with Crippen LogP contribution >= 0.6 is 0 Å². The van der Waals surface area contributed by atoms with Gasteiger partial charge in [-0.25, -0.2) is 0 Å². The van der Waals surface area contributed by atoms with E-state index in [0.29, 0.717) is 6.61 Å². The number of hydrogen-bond acceptors (Lipinski definition) is 1. The minimum Gasteiger partial charge on any atom is -0.377 e. The predicted octanol–water partition coefficient (Wildman–Crippen LogP) is 6.74. The predicted molar refractivity (Wildman–Crippen MR) is 107 cm³/mol. The Morgan fingerprint density at radius 3 is 2.04 bits per heavy atom. The first kappa shape index (κ1) is 17.9. The van der Waals surface area contributed by atoms with E-state index in [-0.39, 0.29) is 0 Å². The molecule has 0 heterocycles. The Kier molecular flexibility index (Phi) is 6.47. The summed E-state index contributed by atoms with van der Waals surface area (Å²) in [6.07, 6.45) is 9.89. The Hall–Kier alpha value is -1.86. The minimum absolute atomic E-state index is 0.700. The molecule has 1 aliphatic carbocycles. The highest BCUT2D eigenvalue weighted by Gasteiger charge is 2.20. The van der Waals surface area contributed by atoms with Crippen molar-refractivity contribution in [3.05, 3.63) is 71.8 Å². The van der Waals surface area contributed by atoms with Crippen molar-refractivity contribution >= 4 is 0 Å². The second-order valence-electron chi connectivity index (χ2n) is 7.09. The molecule has 0 unspecified atom stereocenters. The standard InChI is InChI=1S/C24H30O/c1-3-5-19-6-10-21(11-7-19)23-14-16-24(17-15-23)22-12-8-20(9-13-22)18-25-4-2/h3,5,8-9,12-17,19,21H,4,6-7,10-11,18H2,1-2H3/b5-3-/t19-,21-. The summed E-state index contributed by atoms with van der Waals surface area (Å²) in [4.78, 5) is 0. The molecule has 1 saturated carbocycles. The van der Waals surface area contributed by atoms with Gasteiger partial charge in [0.05, 0.1) is 6.61 Å². The van der Waals surface area contributed by atoms with Crippen LogP contribution < -0.4 is 0 Å². The van der Waals surface area contributed by atoms with Gasteiger partial charge in [-0.2, -0.15) is 0 Å². The first-order chi connectivity index (χ1) is 12.3. The Bertz CT molecular complexity index is 658. The zero-order valence-electron chi connectivity index (χ0n) is 15.6. The van der Waals surface area contributed by atoms with Gasteiger partial charge < -0.3 is 4.74 Å². The fourth-order valence-corrected chi connectivity index (χ4v) is 3.88. The van der Waals surface area contributed by atoms with Crippen molar-refractivity contribution in [2.45, 2.75) is 52.1 Å². The Morgan fingerprint density at radius 1 is 0.880 bits per heavy atom. The summed E-state index contributed by atoms with van der Waals surface area (Å²) in [5.74, 6) is 1.54. The summed E-state index contributed by atoms with van der Waals surface area (Å²) in [7, 11) is 0. The molecule has 2 aromatic carbocycles. The molecule has 3 rings (SSSR count). The molecular formula is C24H30O. The van der Waals surface area contributed by atoms with Gasteiger partial charge in [0.15, 0.2) is 0 Å². The molecule has 0 N–H and O–H groups in total. The van der Waals surface area contributed by atoms with Gasteiger partial charge in [-0.05, 0) is 73.6 Å². The molecule has 0 atom stereocenters. The van der Waals surface area contributed by atoms with Crippen LogP contribution in [-0.4, -0.2) is 6.61 Å². The summed E-state index contributed by atoms with van der Waals surface area (Å²) in [6, 6.07) is 18.0. The smallest absolute Gasteiger partial charge is 0.0716 e. The van der Waals surface area contributed by atoms with Gasteiger partial charge in [-0.1, -0.05) is 60.7 Å². The number of allylic oxidation sites excluding steroid dienone is 2. The van der Waals surface area contributed by atoms with Crippen molar-refractivity contribution in [2.75, 3.05) is 6.61 Å². The monoisotopic (exact) mass is 334 g/mol. The van der Waals surface area contributed by atoms with Crippen molar-refractivity contribution in [1.29, 1.82) is 0 Å². The first-order valence-corrected chi connectivity index (χ1v) is 9.70. The zero-order chi connectivity index (χ0) is 17.5. The van der Waals surface area contributed by atoms with Crippen LogP contribution in [0, 0.1) is 5.92 Å². The highest BCUT2D eigenvalue weighted by molar-refractivity contribution is 5.64. The van der Waals surface area contributed by atoms with Crippen LogP contribution in [0.25, 0.3) is 11.1 Å². The van der Waals surface area contributed by atoms with Crippen LogP contribution in [0.5, 0.6) is 0 Å². The molecule has 0 bridgehead atoms. The van der Waals surface area contributed by atoms with Crippen molar-refractivity contribution in [3.63, 3.8) is 0 Å². The van der Waals surface area contributed by atoms with Crippen molar-refractivity contribution in [1.82, 2.24) is 0 Å². The molecule has 1 heteroatoms. The molecule has 0 saturated heterocycles. The average molecular weight is 335 g/mol. The highest BCUT2D eigenvalue weighted by atomic mass is 16.5. The lowest BCUT2D eigenvalue weighted by atomic mass is 9.78. The van der Waals surface area contributed by atoms with Crippen LogP contribution in [-0.2, 0) is 11.3 Å². The number of ether oxygens (including phenoxy) is 1. The van der Waals surface area contributed by atoms with Crippen molar-refractivity contribution < 1.29 is 4.74 Å². The van der Waals surface area contributed by atoms with Crippen molar-refractivity contribution in [3.8, 4) is 11.1 Å². The minimum atomic E-state index is 0.700. The molecule has 132 valence electrons. The lowest BCUT2D eigenvalue weighted by Gasteiger charge is -2.27. The van der Waals surface area contributed by atoms with Gasteiger partial charge in [0.2, 0.25) is 0 Å². The largest absolute Gasteiger partial charge is 0.377 e. The van der Waals surface area contributed by atoms with E-state index in [4.69, 9.17) is 4.74 Å². The van der Waals surface area contributed by atoms with Crippen molar-refractivity contribution in [2.24, 2.45) is 5.92 Å². The lowest BCUT2D eigenvalue weighted by molar-refractivity contribution is 0.134. The topological polar surface area (TPSA) is 9.23 Å². The first-order valence-electron chi connectivity index (χ1n) is 9.70. The van der Waals surface area contributed by atoms with Crippen LogP contribution in [0.2, 0.25) is 0 Å². The summed E-state index contributed by atoms with van der Waals surface area (Å²) in [5, 5.41) is 0. The normalized spacial score (nSPS) is 20.9. The molecule has 1 nitrogen and oxygen atoms in total. The van der Waals surface area contributed by atoms with E-state index in [1.807, 2.05) is 6.92 Å². The van der Waals surface area contributed by atoms with E-state index in [0.717, 1.165) is 18.4 Å². The zero-order valence-corrected chi connectivity index (χ0v) is 15.6. The van der Waals surface area contributed by atoms with E-state index in [9.17, 15) is 0 Å². The lowest BCUT2D eigenvalue weighted by Crippen LogP contribution is -2.11. The van der Waals surface area contributed by atoms with Gasteiger partial charge in [0.1, 0.15) is 0 Å². The third-order valence-corrected chi connectivity index (χ3v) is 5.38. The molecule has 25 heavy (non-hydrogen) atoms. The Morgan fingerprint density at radius 2 is 1.48 bits per heavy atom. The van der Waals surface area contributed by atoms with E-state index in [1.165, 1.54) is 47.9 Å². The molecule has 2 aromatic rings. The van der Waals surface area contributed by atoms with Gasteiger partial charge in [-0.15, -0.1) is 0 Å². The second-order valence-corrected chi connectivity index (χ2v) is 7.09. The maximum atomic E-state index is 5.47. The SMILES string of the molecule is C/C=C\[C@H]1CC[C@H](c2ccc(-c3ccc(COCC)cc3)cc2)CC1. The summed E-state index contributed by atoms with van der Waals surface area (Å²) >= 11 is 0. The molecule has 0 aliphatic heterocycles. The van der Waals surface area contributed by atoms with Gasteiger partial charge >= 0.3 is 0 Å². The van der Waals surface area contributed by atoms with Crippen LogP contribution in [0.3, 0.4) is 0 Å². The third-order valence-electron chi connectivity index (χ3n) is 5.38. The quantitative estimate of drug-likeness (QED) is 0.531. The maximum absolute atomic E-state index is 5.47. The maximum Gasteiger partial charge on any atom is 0.0716 e. The fraction of sp³-hybridized carbons (Fsp3) is 0.417. The molecule has 0 amide bonds. The van der Waals surface area contributed by atoms with E-state index >= 15 is 0 Å². The van der Waals surface area contributed by atoms with E-state index in [1.54, 1.807) is 0 Å². The molecule has 0 aromatic heterocycles. The van der Waals surface area contributed by atoms with Crippen LogP contribution in [0.1, 0.15) is 56.6 Å². The van der Waals surface area contributed by atoms with Gasteiger partial charge in [0, 0.05) is 6.61 Å². The third kappa shape index (κ3) is 4.83. The number of hydrogen-bond donors (Lipinski definition) is 0. The average Bonchev–Trinajstić information content (AvgIpc) is 2.68. The molecular weight excluding hydrogens is 304 g/mol. The molecule has 0 radical (unpaired) electrons. The number of benzene rings is 2.